The minimum atomic E-state index is -1.03. The second kappa shape index (κ2) is 11.3. The molecule has 0 saturated heterocycles. The lowest BCUT2D eigenvalue weighted by Gasteiger charge is -2.34. The molecule has 5 nitrogen and oxygen atoms in total. The van der Waals surface area contributed by atoms with Gasteiger partial charge in [0.05, 0.1) is 0 Å². The molecule has 1 aliphatic rings. The molecule has 0 heterocycles. The van der Waals surface area contributed by atoms with Gasteiger partial charge in [-0.2, -0.15) is 0 Å². The van der Waals surface area contributed by atoms with Crippen LogP contribution in [0, 0.1) is 25.7 Å². The SMILES string of the molecule is CCC(CC)(c1ccc(C#CC2(O)CCCCC2)c(C)c1)c1ccc(C(=O)N(C)CC(=O)O)c(C)c1. The lowest BCUT2D eigenvalue weighted by Crippen LogP contribution is -2.32. The molecule has 1 amide bonds. The zero-order valence-electron chi connectivity index (χ0n) is 22.3. The van der Waals surface area contributed by atoms with Crippen molar-refractivity contribution in [2.75, 3.05) is 13.6 Å². The van der Waals surface area contributed by atoms with Crippen LogP contribution in [0.2, 0.25) is 0 Å². The number of benzene rings is 2. The highest BCUT2D eigenvalue weighted by Gasteiger charge is 2.32. The van der Waals surface area contributed by atoms with Crippen molar-refractivity contribution in [2.45, 2.75) is 83.7 Å². The number of carboxylic acids is 1. The molecule has 0 atom stereocenters. The lowest BCUT2D eigenvalue weighted by molar-refractivity contribution is -0.137. The summed E-state index contributed by atoms with van der Waals surface area (Å²) in [5.41, 5.74) is 4.63. The summed E-state index contributed by atoms with van der Waals surface area (Å²) in [6.45, 7) is 8.00. The Morgan fingerprint density at radius 2 is 1.56 bits per heavy atom. The molecule has 0 bridgehead atoms. The summed E-state index contributed by atoms with van der Waals surface area (Å²) in [6.07, 6.45) is 6.49. The standard InChI is InChI=1S/C31H39NO4/c1-6-31(7-2,26-13-14-27(23(4)20-26)29(35)32(5)21-28(33)34)25-12-11-24(22(3)19-25)15-18-30(36)16-9-8-10-17-30/h11-14,19-20,36H,6-10,16-17,21H2,1-5H3,(H,33,34). The number of aliphatic carboxylic acids is 1. The predicted octanol–water partition coefficient (Wildman–Crippen LogP) is 5.61. The zero-order valence-corrected chi connectivity index (χ0v) is 22.3. The molecule has 0 aromatic heterocycles. The van der Waals surface area contributed by atoms with E-state index in [4.69, 9.17) is 5.11 Å². The molecule has 2 aromatic carbocycles. The van der Waals surface area contributed by atoms with Crippen LogP contribution in [0.3, 0.4) is 0 Å². The van der Waals surface area contributed by atoms with Crippen LogP contribution in [-0.2, 0) is 10.2 Å². The van der Waals surface area contributed by atoms with Gasteiger partial charge in [0.2, 0.25) is 0 Å². The van der Waals surface area contributed by atoms with Gasteiger partial charge >= 0.3 is 5.97 Å². The molecule has 3 rings (SSSR count). The second-order valence-electron chi connectivity index (χ2n) is 10.2. The molecular weight excluding hydrogens is 450 g/mol. The summed E-state index contributed by atoms with van der Waals surface area (Å²) in [5, 5.41) is 19.8. The van der Waals surface area contributed by atoms with Gasteiger partial charge < -0.3 is 15.1 Å². The van der Waals surface area contributed by atoms with Gasteiger partial charge in [-0.25, -0.2) is 0 Å². The van der Waals surface area contributed by atoms with Crippen molar-refractivity contribution in [1.29, 1.82) is 0 Å². The maximum absolute atomic E-state index is 12.8. The third-order valence-electron chi connectivity index (χ3n) is 7.83. The molecule has 5 heteroatoms. The number of nitrogens with zero attached hydrogens (tertiary/aromatic N) is 1. The number of amides is 1. The predicted molar refractivity (Wildman–Crippen MR) is 143 cm³/mol. The second-order valence-corrected chi connectivity index (χ2v) is 10.2. The Balaban J connectivity index is 1.94. The van der Waals surface area contributed by atoms with Crippen molar-refractivity contribution < 1.29 is 19.8 Å². The summed E-state index contributed by atoms with van der Waals surface area (Å²) >= 11 is 0. The van der Waals surface area contributed by atoms with Crippen molar-refractivity contribution in [2.24, 2.45) is 0 Å². The van der Waals surface area contributed by atoms with E-state index in [0.29, 0.717) is 5.56 Å². The average Bonchev–Trinajstić information content (AvgIpc) is 2.84. The normalized spacial score (nSPS) is 15.1. The Morgan fingerprint density at radius 1 is 0.972 bits per heavy atom. The number of hydrogen-bond acceptors (Lipinski definition) is 3. The van der Waals surface area contributed by atoms with E-state index in [9.17, 15) is 14.7 Å². The summed E-state index contributed by atoms with van der Waals surface area (Å²) in [6, 6.07) is 12.3. The molecule has 36 heavy (non-hydrogen) atoms. The first-order chi connectivity index (χ1) is 17.0. The minimum absolute atomic E-state index is 0.225. The van der Waals surface area contributed by atoms with E-state index >= 15 is 0 Å². The molecule has 192 valence electrons. The Bertz CT molecular complexity index is 1180. The lowest BCUT2D eigenvalue weighted by atomic mass is 9.69. The van der Waals surface area contributed by atoms with Gasteiger partial charge in [0.25, 0.3) is 5.91 Å². The first-order valence-corrected chi connectivity index (χ1v) is 13.0. The van der Waals surface area contributed by atoms with E-state index < -0.39 is 11.6 Å². The highest BCUT2D eigenvalue weighted by molar-refractivity contribution is 5.97. The highest BCUT2D eigenvalue weighted by Crippen LogP contribution is 2.40. The maximum Gasteiger partial charge on any atom is 0.323 e. The highest BCUT2D eigenvalue weighted by atomic mass is 16.4. The molecule has 2 N–H and O–H groups in total. The number of carbonyl (C=O) groups is 2. The molecule has 1 fully saturated rings. The third kappa shape index (κ3) is 5.82. The van der Waals surface area contributed by atoms with Crippen LogP contribution in [0.25, 0.3) is 0 Å². The Kier molecular flexibility index (Phi) is 8.63. The molecule has 0 spiro atoms. The molecule has 2 aromatic rings. The van der Waals surface area contributed by atoms with Crippen LogP contribution in [0.15, 0.2) is 36.4 Å². The summed E-state index contributed by atoms with van der Waals surface area (Å²) in [5.74, 6) is 5.07. The van der Waals surface area contributed by atoms with Crippen LogP contribution in [0.5, 0.6) is 0 Å². The van der Waals surface area contributed by atoms with Crippen LogP contribution < -0.4 is 0 Å². The minimum Gasteiger partial charge on any atom is -0.480 e. The van der Waals surface area contributed by atoms with Crippen molar-refractivity contribution in [3.63, 3.8) is 0 Å². The molecule has 0 aliphatic heterocycles. The van der Waals surface area contributed by atoms with Crippen LogP contribution in [-0.4, -0.2) is 46.2 Å². The fraction of sp³-hybridized carbons (Fsp3) is 0.484. The maximum atomic E-state index is 12.8. The molecule has 1 saturated carbocycles. The summed E-state index contributed by atoms with van der Waals surface area (Å²) in [4.78, 5) is 25.0. The number of hydrogen-bond donors (Lipinski definition) is 2. The van der Waals surface area contributed by atoms with Gasteiger partial charge in [0.15, 0.2) is 0 Å². The number of aliphatic hydroxyl groups is 1. The fourth-order valence-electron chi connectivity index (χ4n) is 5.46. The van der Waals surface area contributed by atoms with Gasteiger partial charge in [-0.15, -0.1) is 0 Å². The van der Waals surface area contributed by atoms with E-state index in [1.165, 1.54) is 23.9 Å². The molecule has 1 aliphatic carbocycles. The number of carbonyl (C=O) groups excluding carboxylic acids is 1. The summed E-state index contributed by atoms with van der Waals surface area (Å²) < 4.78 is 0. The first-order valence-electron chi connectivity index (χ1n) is 13.0. The first kappa shape index (κ1) is 27.5. The number of likely N-dealkylation sites (N-methyl/N-ethyl adjacent to an activating group) is 1. The van der Waals surface area contributed by atoms with Gasteiger partial charge in [-0.3, -0.25) is 9.59 Å². The monoisotopic (exact) mass is 489 g/mol. The topological polar surface area (TPSA) is 77.8 Å². The van der Waals surface area contributed by atoms with E-state index in [1.54, 1.807) is 0 Å². The van der Waals surface area contributed by atoms with Gasteiger partial charge in [0.1, 0.15) is 12.1 Å². The quantitative estimate of drug-likeness (QED) is 0.496. The van der Waals surface area contributed by atoms with Gasteiger partial charge in [0, 0.05) is 23.6 Å². The van der Waals surface area contributed by atoms with E-state index in [1.807, 2.05) is 19.1 Å². The Hall–Kier alpha value is -3.10. The van der Waals surface area contributed by atoms with Crippen LogP contribution in [0.1, 0.15) is 97.0 Å². The number of carboxylic acid groups (broad SMARTS) is 1. The van der Waals surface area contributed by atoms with Crippen molar-refractivity contribution >= 4 is 11.9 Å². The zero-order chi connectivity index (χ0) is 26.5. The Morgan fingerprint density at radius 3 is 2.08 bits per heavy atom. The third-order valence-corrected chi connectivity index (χ3v) is 7.83. The Labute approximate surface area is 215 Å². The molecule has 0 unspecified atom stereocenters. The van der Waals surface area contributed by atoms with Crippen LogP contribution >= 0.6 is 0 Å². The summed E-state index contributed by atoms with van der Waals surface area (Å²) in [7, 11) is 1.51. The van der Waals surface area contributed by atoms with E-state index in [0.717, 1.165) is 60.8 Å². The average molecular weight is 490 g/mol. The van der Waals surface area contributed by atoms with Crippen LogP contribution in [0.4, 0.5) is 0 Å². The van der Waals surface area contributed by atoms with Crippen molar-refractivity contribution in [1.82, 2.24) is 4.90 Å². The van der Waals surface area contributed by atoms with Gasteiger partial charge in [-0.05, 0) is 86.8 Å². The van der Waals surface area contributed by atoms with Gasteiger partial charge in [-0.1, -0.05) is 56.4 Å². The molecule has 0 radical (unpaired) electrons. The molecular formula is C31H39NO4. The smallest absolute Gasteiger partial charge is 0.323 e. The largest absolute Gasteiger partial charge is 0.480 e. The van der Waals surface area contributed by atoms with Crippen molar-refractivity contribution in [3.05, 3.63) is 69.8 Å². The fourth-order valence-corrected chi connectivity index (χ4v) is 5.46. The number of rotatable bonds is 7. The van der Waals surface area contributed by atoms with Crippen molar-refractivity contribution in [3.8, 4) is 11.8 Å². The van der Waals surface area contributed by atoms with E-state index in [-0.39, 0.29) is 17.9 Å². The van der Waals surface area contributed by atoms with E-state index in [2.05, 4.69) is 56.9 Å². The number of aryl methyl sites for hydroxylation is 2.